The summed E-state index contributed by atoms with van der Waals surface area (Å²) >= 11 is 0. The first-order valence-electron chi connectivity index (χ1n) is 7.74. The molecular weight excluding hydrogens is 252 g/mol. The Labute approximate surface area is 120 Å². The summed E-state index contributed by atoms with van der Waals surface area (Å²) in [5.41, 5.74) is 1.42. The molecule has 4 rings (SSSR count). The molecule has 2 unspecified atom stereocenters. The van der Waals surface area contributed by atoms with E-state index in [2.05, 4.69) is 28.4 Å². The van der Waals surface area contributed by atoms with Crippen molar-refractivity contribution in [3.63, 3.8) is 0 Å². The molecule has 0 spiro atoms. The number of nitrogens with one attached hydrogen (secondary N) is 1. The van der Waals surface area contributed by atoms with E-state index in [1.807, 2.05) is 0 Å². The number of rotatable bonds is 2. The van der Waals surface area contributed by atoms with Gasteiger partial charge in [-0.2, -0.15) is 0 Å². The lowest BCUT2D eigenvalue weighted by molar-refractivity contribution is 0.173. The number of piperazine rings is 1. The van der Waals surface area contributed by atoms with Crippen molar-refractivity contribution in [2.24, 2.45) is 0 Å². The Balaban J connectivity index is 1.45. The maximum absolute atomic E-state index is 5.50. The van der Waals surface area contributed by atoms with E-state index in [-0.39, 0.29) is 0 Å². The first-order valence-corrected chi connectivity index (χ1v) is 7.74. The SMILES string of the molecule is c1cc2c(cc1C1CCC(N3CCNCC3)C1)OCO2. The van der Waals surface area contributed by atoms with Gasteiger partial charge >= 0.3 is 0 Å². The van der Waals surface area contributed by atoms with Crippen molar-refractivity contribution < 1.29 is 9.47 Å². The largest absolute Gasteiger partial charge is 0.454 e. The number of hydrogen-bond donors (Lipinski definition) is 1. The van der Waals surface area contributed by atoms with Gasteiger partial charge in [-0.25, -0.2) is 0 Å². The number of nitrogens with zero attached hydrogens (tertiary/aromatic N) is 1. The van der Waals surface area contributed by atoms with Crippen LogP contribution < -0.4 is 14.8 Å². The zero-order valence-electron chi connectivity index (χ0n) is 11.8. The van der Waals surface area contributed by atoms with Crippen molar-refractivity contribution in [1.29, 1.82) is 0 Å². The Hall–Kier alpha value is -1.26. The van der Waals surface area contributed by atoms with E-state index in [0.29, 0.717) is 12.7 Å². The van der Waals surface area contributed by atoms with Gasteiger partial charge in [0, 0.05) is 32.2 Å². The third-order valence-electron chi connectivity index (χ3n) is 4.94. The van der Waals surface area contributed by atoms with Gasteiger partial charge in [-0.05, 0) is 42.9 Å². The van der Waals surface area contributed by atoms with E-state index >= 15 is 0 Å². The molecular formula is C16H22N2O2. The summed E-state index contributed by atoms with van der Waals surface area (Å²) in [4.78, 5) is 2.67. The third-order valence-corrected chi connectivity index (χ3v) is 4.94. The van der Waals surface area contributed by atoms with Gasteiger partial charge in [0.1, 0.15) is 0 Å². The molecule has 0 bridgehead atoms. The fourth-order valence-corrected chi connectivity index (χ4v) is 3.81. The molecule has 1 aromatic carbocycles. The zero-order chi connectivity index (χ0) is 13.4. The second kappa shape index (κ2) is 5.26. The molecule has 2 heterocycles. The zero-order valence-corrected chi connectivity index (χ0v) is 11.8. The van der Waals surface area contributed by atoms with E-state index < -0.39 is 0 Å². The molecule has 108 valence electrons. The second-order valence-electron chi connectivity index (χ2n) is 6.06. The summed E-state index contributed by atoms with van der Waals surface area (Å²) in [6.07, 6.45) is 3.92. The highest BCUT2D eigenvalue weighted by Gasteiger charge is 2.31. The topological polar surface area (TPSA) is 33.7 Å². The van der Waals surface area contributed by atoms with Crippen LogP contribution in [0, 0.1) is 0 Å². The summed E-state index contributed by atoms with van der Waals surface area (Å²) in [7, 11) is 0. The third kappa shape index (κ3) is 2.27. The van der Waals surface area contributed by atoms with Crippen LogP contribution >= 0.6 is 0 Å². The predicted octanol–water partition coefficient (Wildman–Crippen LogP) is 1.96. The quantitative estimate of drug-likeness (QED) is 0.894. The van der Waals surface area contributed by atoms with E-state index in [1.165, 1.54) is 37.9 Å². The number of fused-ring (bicyclic) bond motifs is 1. The molecule has 4 heteroatoms. The molecule has 1 aliphatic carbocycles. The molecule has 3 aliphatic rings. The van der Waals surface area contributed by atoms with E-state index in [9.17, 15) is 0 Å². The van der Waals surface area contributed by atoms with Crippen LogP contribution in [-0.4, -0.2) is 43.9 Å². The summed E-state index contributed by atoms with van der Waals surface area (Å²) < 4.78 is 10.9. The van der Waals surface area contributed by atoms with Crippen LogP contribution in [0.15, 0.2) is 18.2 Å². The molecule has 0 aromatic heterocycles. The van der Waals surface area contributed by atoms with Gasteiger partial charge in [-0.1, -0.05) is 6.07 Å². The van der Waals surface area contributed by atoms with E-state index in [4.69, 9.17) is 9.47 Å². The highest BCUT2D eigenvalue weighted by molar-refractivity contribution is 5.45. The van der Waals surface area contributed by atoms with Crippen LogP contribution in [0.4, 0.5) is 0 Å². The minimum absolute atomic E-state index is 0.368. The van der Waals surface area contributed by atoms with Gasteiger partial charge in [0.05, 0.1) is 0 Å². The van der Waals surface area contributed by atoms with Crippen LogP contribution in [0.3, 0.4) is 0 Å². The Kier molecular flexibility index (Phi) is 3.28. The minimum atomic E-state index is 0.368. The molecule has 1 aromatic rings. The van der Waals surface area contributed by atoms with Crippen molar-refractivity contribution in [3.05, 3.63) is 23.8 Å². The van der Waals surface area contributed by atoms with Crippen molar-refractivity contribution in [2.75, 3.05) is 33.0 Å². The number of ether oxygens (including phenoxy) is 2. The highest BCUT2D eigenvalue weighted by atomic mass is 16.7. The lowest BCUT2D eigenvalue weighted by Gasteiger charge is -2.32. The molecule has 1 N–H and O–H groups in total. The maximum Gasteiger partial charge on any atom is 0.231 e. The van der Waals surface area contributed by atoms with Gasteiger partial charge in [-0.3, -0.25) is 4.90 Å². The average Bonchev–Trinajstić information content (AvgIpc) is 3.16. The van der Waals surface area contributed by atoms with Crippen molar-refractivity contribution in [1.82, 2.24) is 10.2 Å². The van der Waals surface area contributed by atoms with Crippen molar-refractivity contribution >= 4 is 0 Å². The van der Waals surface area contributed by atoms with Crippen molar-refractivity contribution in [2.45, 2.75) is 31.2 Å². The highest BCUT2D eigenvalue weighted by Crippen LogP contribution is 2.41. The molecule has 2 atom stereocenters. The van der Waals surface area contributed by atoms with Crippen LogP contribution in [0.5, 0.6) is 11.5 Å². The Morgan fingerprint density at radius 3 is 2.80 bits per heavy atom. The number of hydrogen-bond acceptors (Lipinski definition) is 4. The Morgan fingerprint density at radius 2 is 1.90 bits per heavy atom. The van der Waals surface area contributed by atoms with Crippen LogP contribution in [-0.2, 0) is 0 Å². The fourth-order valence-electron chi connectivity index (χ4n) is 3.81. The van der Waals surface area contributed by atoms with Crippen LogP contribution in [0.25, 0.3) is 0 Å². The normalized spacial score (nSPS) is 29.8. The summed E-state index contributed by atoms with van der Waals surface area (Å²) in [5.74, 6) is 2.50. The predicted molar refractivity (Wildman–Crippen MR) is 77.4 cm³/mol. The molecule has 0 amide bonds. The lowest BCUT2D eigenvalue weighted by Crippen LogP contribution is -2.47. The summed E-state index contributed by atoms with van der Waals surface area (Å²) in [6.45, 7) is 5.07. The first kappa shape index (κ1) is 12.5. The molecule has 1 saturated carbocycles. The summed E-state index contributed by atoms with van der Waals surface area (Å²) in [6, 6.07) is 7.24. The average molecular weight is 274 g/mol. The monoisotopic (exact) mass is 274 g/mol. The van der Waals surface area contributed by atoms with Gasteiger partial charge in [-0.15, -0.1) is 0 Å². The maximum atomic E-state index is 5.50. The van der Waals surface area contributed by atoms with Crippen molar-refractivity contribution in [3.8, 4) is 11.5 Å². The van der Waals surface area contributed by atoms with Gasteiger partial charge < -0.3 is 14.8 Å². The fraction of sp³-hybridized carbons (Fsp3) is 0.625. The smallest absolute Gasteiger partial charge is 0.231 e. The van der Waals surface area contributed by atoms with E-state index in [1.54, 1.807) is 0 Å². The minimum Gasteiger partial charge on any atom is -0.454 e. The standard InChI is InChI=1S/C16H22N2O2/c1-3-14(18-7-5-17-6-8-18)9-12(1)13-2-4-15-16(10-13)20-11-19-15/h2,4,10,12,14,17H,1,3,5-9,11H2. The molecule has 20 heavy (non-hydrogen) atoms. The van der Waals surface area contributed by atoms with Gasteiger partial charge in [0.25, 0.3) is 0 Å². The van der Waals surface area contributed by atoms with Gasteiger partial charge in [0.15, 0.2) is 11.5 Å². The van der Waals surface area contributed by atoms with E-state index in [0.717, 1.165) is 30.6 Å². The summed E-state index contributed by atoms with van der Waals surface area (Å²) in [5, 5.41) is 3.44. The molecule has 1 saturated heterocycles. The lowest BCUT2D eigenvalue weighted by atomic mass is 9.97. The molecule has 2 fully saturated rings. The van der Waals surface area contributed by atoms with Crippen LogP contribution in [0.1, 0.15) is 30.7 Å². The first-order chi connectivity index (χ1) is 9.90. The Bertz CT molecular complexity index is 485. The van der Waals surface area contributed by atoms with Crippen LogP contribution in [0.2, 0.25) is 0 Å². The molecule has 0 radical (unpaired) electrons. The number of benzene rings is 1. The second-order valence-corrected chi connectivity index (χ2v) is 6.06. The molecule has 4 nitrogen and oxygen atoms in total. The van der Waals surface area contributed by atoms with Gasteiger partial charge in [0.2, 0.25) is 6.79 Å². The molecule has 2 aliphatic heterocycles. The Morgan fingerprint density at radius 1 is 1.05 bits per heavy atom.